The molecule has 19 heteroatoms. The minimum absolute atomic E-state index is 0.107. The number of aliphatic hydroxyl groups excluding tert-OH is 1. The molecule has 104 heavy (non-hydrogen) atoms. The van der Waals surface area contributed by atoms with Gasteiger partial charge in [-0.15, -0.1) is 0 Å². The average Bonchev–Trinajstić information content (AvgIpc) is 0.910. The number of unbranched alkanes of at least 4 members (excludes halogenated alkanes) is 57. The van der Waals surface area contributed by atoms with Crippen LogP contribution in [-0.4, -0.2) is 96.7 Å². The van der Waals surface area contributed by atoms with Crippen LogP contribution in [0.1, 0.15) is 458 Å². The van der Waals surface area contributed by atoms with E-state index in [4.69, 9.17) is 37.0 Å². The van der Waals surface area contributed by atoms with E-state index in [1.807, 2.05) is 0 Å². The molecular weight excluding hydrogens is 1350 g/mol. The minimum atomic E-state index is -4.96. The van der Waals surface area contributed by atoms with Crippen molar-refractivity contribution in [3.8, 4) is 0 Å². The fourth-order valence-corrected chi connectivity index (χ4v) is 14.9. The van der Waals surface area contributed by atoms with Gasteiger partial charge in [0, 0.05) is 25.7 Å². The van der Waals surface area contributed by atoms with Crippen molar-refractivity contribution in [3.05, 3.63) is 0 Å². The molecule has 0 rings (SSSR count). The molecule has 3 N–H and O–H groups in total. The summed E-state index contributed by atoms with van der Waals surface area (Å²) in [6.07, 6.45) is 70.7. The number of hydrogen-bond donors (Lipinski definition) is 3. The average molecular weight is 1520 g/mol. The number of esters is 4. The summed E-state index contributed by atoms with van der Waals surface area (Å²) >= 11 is 0. The van der Waals surface area contributed by atoms with Crippen LogP contribution in [-0.2, 0) is 65.4 Å². The Morgan fingerprint density at radius 1 is 0.260 bits per heavy atom. The second-order valence-corrected chi connectivity index (χ2v) is 34.0. The maximum Gasteiger partial charge on any atom is 0.472 e. The molecular formula is C85H166O17P2. The zero-order valence-corrected chi connectivity index (χ0v) is 70.0. The van der Waals surface area contributed by atoms with Gasteiger partial charge in [-0.1, -0.05) is 407 Å². The monoisotopic (exact) mass is 1520 g/mol. The van der Waals surface area contributed by atoms with Crippen molar-refractivity contribution in [1.82, 2.24) is 0 Å². The van der Waals surface area contributed by atoms with Gasteiger partial charge in [0.05, 0.1) is 26.4 Å². The van der Waals surface area contributed by atoms with E-state index in [1.165, 1.54) is 283 Å². The molecule has 0 aromatic carbocycles. The lowest BCUT2D eigenvalue weighted by Crippen LogP contribution is -2.30. The fraction of sp³-hybridized carbons (Fsp3) is 0.953. The quantitative estimate of drug-likeness (QED) is 0.0222. The summed E-state index contributed by atoms with van der Waals surface area (Å²) in [7, 11) is -9.93. The summed E-state index contributed by atoms with van der Waals surface area (Å²) in [6.45, 7) is 7.36. The number of carbonyl (C=O) groups excluding carboxylic acids is 4. The molecule has 0 heterocycles. The van der Waals surface area contributed by atoms with Gasteiger partial charge in [0.25, 0.3) is 0 Å². The van der Waals surface area contributed by atoms with E-state index in [0.717, 1.165) is 95.8 Å². The molecule has 0 fully saturated rings. The van der Waals surface area contributed by atoms with Crippen molar-refractivity contribution in [3.63, 3.8) is 0 Å². The molecule has 0 saturated heterocycles. The van der Waals surface area contributed by atoms with Gasteiger partial charge in [-0.05, 0) is 31.6 Å². The Morgan fingerprint density at radius 2 is 0.442 bits per heavy atom. The van der Waals surface area contributed by atoms with Crippen molar-refractivity contribution in [1.29, 1.82) is 0 Å². The highest BCUT2D eigenvalue weighted by Gasteiger charge is 2.30. The van der Waals surface area contributed by atoms with E-state index in [9.17, 15) is 43.2 Å². The first kappa shape index (κ1) is 102. The van der Waals surface area contributed by atoms with Gasteiger partial charge in [0.2, 0.25) is 0 Å². The van der Waals surface area contributed by atoms with Crippen molar-refractivity contribution in [2.24, 2.45) is 5.92 Å². The van der Waals surface area contributed by atoms with Crippen LogP contribution in [0.5, 0.6) is 0 Å². The maximum atomic E-state index is 13.1. The van der Waals surface area contributed by atoms with Crippen LogP contribution in [0.2, 0.25) is 0 Å². The third-order valence-electron chi connectivity index (χ3n) is 20.0. The minimum Gasteiger partial charge on any atom is -0.462 e. The third-order valence-corrected chi connectivity index (χ3v) is 21.9. The first-order valence-corrected chi connectivity index (χ1v) is 47.1. The fourth-order valence-electron chi connectivity index (χ4n) is 13.3. The van der Waals surface area contributed by atoms with Crippen molar-refractivity contribution >= 4 is 39.5 Å². The smallest absolute Gasteiger partial charge is 0.462 e. The van der Waals surface area contributed by atoms with Crippen molar-refractivity contribution in [2.75, 3.05) is 39.6 Å². The molecule has 0 amide bonds. The van der Waals surface area contributed by atoms with Crippen LogP contribution < -0.4 is 0 Å². The summed E-state index contributed by atoms with van der Waals surface area (Å²) in [5.74, 6) is -1.33. The first-order chi connectivity index (χ1) is 50.5. The van der Waals surface area contributed by atoms with Crippen LogP contribution >= 0.6 is 15.6 Å². The Balaban J connectivity index is 5.25. The molecule has 618 valence electrons. The Hall–Kier alpha value is -1.94. The SMILES string of the molecule is CCCCCCCCCCCCCCCCCCCCCCC(=O)O[C@H](COC(=O)CCCCCCCCCCCCCCCCCCC)COP(=O)(O)OC[C@@H](O)COP(=O)(O)OC[C@@H](COC(=O)CCCCCCCCCCCCCCC)OC(=O)CCCCCCCCCCCCCC(C)C. The van der Waals surface area contributed by atoms with E-state index in [1.54, 1.807) is 0 Å². The Kier molecular flexibility index (Phi) is 76.3. The van der Waals surface area contributed by atoms with Gasteiger partial charge < -0.3 is 33.8 Å². The molecule has 5 atom stereocenters. The Labute approximate surface area is 638 Å². The third kappa shape index (κ3) is 78.2. The second kappa shape index (κ2) is 77.8. The maximum absolute atomic E-state index is 13.1. The van der Waals surface area contributed by atoms with Gasteiger partial charge >= 0.3 is 39.5 Å². The summed E-state index contributed by atoms with van der Waals surface area (Å²) in [5.41, 5.74) is 0. The number of hydrogen-bond acceptors (Lipinski definition) is 15. The molecule has 0 saturated carbocycles. The van der Waals surface area contributed by atoms with E-state index in [-0.39, 0.29) is 25.7 Å². The summed E-state index contributed by atoms with van der Waals surface area (Å²) in [6, 6.07) is 0. The van der Waals surface area contributed by atoms with Crippen LogP contribution in [0.3, 0.4) is 0 Å². The lowest BCUT2D eigenvalue weighted by Gasteiger charge is -2.21. The molecule has 0 spiro atoms. The Morgan fingerprint density at radius 3 is 0.654 bits per heavy atom. The molecule has 17 nitrogen and oxygen atoms in total. The van der Waals surface area contributed by atoms with Crippen molar-refractivity contribution < 1.29 is 80.2 Å². The Bertz CT molecular complexity index is 1980. The highest BCUT2D eigenvalue weighted by atomic mass is 31.2. The van der Waals surface area contributed by atoms with Crippen LogP contribution in [0.4, 0.5) is 0 Å². The van der Waals surface area contributed by atoms with Crippen LogP contribution in [0, 0.1) is 5.92 Å². The first-order valence-electron chi connectivity index (χ1n) is 44.1. The number of ether oxygens (including phenoxy) is 4. The molecule has 0 aliphatic heterocycles. The summed E-state index contributed by atoms with van der Waals surface area (Å²) in [5, 5.41) is 10.7. The molecule has 0 aliphatic rings. The van der Waals surface area contributed by atoms with Gasteiger partial charge in [-0.25, -0.2) is 9.13 Å². The van der Waals surface area contributed by atoms with E-state index in [2.05, 4.69) is 34.6 Å². The van der Waals surface area contributed by atoms with E-state index < -0.39 is 97.5 Å². The van der Waals surface area contributed by atoms with E-state index in [0.29, 0.717) is 25.7 Å². The topological polar surface area (TPSA) is 237 Å². The zero-order chi connectivity index (χ0) is 76.2. The number of aliphatic hydroxyl groups is 1. The summed E-state index contributed by atoms with van der Waals surface area (Å²) in [4.78, 5) is 73.2. The predicted octanol–water partition coefficient (Wildman–Crippen LogP) is 26.0. The van der Waals surface area contributed by atoms with Crippen LogP contribution in [0.15, 0.2) is 0 Å². The molecule has 0 aromatic rings. The molecule has 0 radical (unpaired) electrons. The molecule has 0 aliphatic carbocycles. The summed E-state index contributed by atoms with van der Waals surface area (Å²) < 4.78 is 68.9. The highest BCUT2D eigenvalue weighted by molar-refractivity contribution is 7.47. The van der Waals surface area contributed by atoms with Crippen LogP contribution in [0.25, 0.3) is 0 Å². The zero-order valence-electron chi connectivity index (χ0n) is 68.2. The van der Waals surface area contributed by atoms with Gasteiger partial charge in [0.15, 0.2) is 12.2 Å². The molecule has 2 unspecified atom stereocenters. The second-order valence-electron chi connectivity index (χ2n) is 31.1. The van der Waals surface area contributed by atoms with Gasteiger partial charge in [-0.2, -0.15) is 0 Å². The number of phosphoric acid groups is 2. The molecule has 0 aromatic heterocycles. The predicted molar refractivity (Wildman–Crippen MR) is 428 cm³/mol. The standard InChI is InChI=1S/C85H166O17P2/c1-6-9-12-15-18-21-24-27-29-31-32-33-35-37-40-45-50-55-60-65-70-84(89)101-80(74-96-83(88)69-64-59-54-49-44-39-36-34-30-28-25-22-19-16-13-10-7-2)76-99-103(91,92)97-72-79(86)73-98-104(93,94)100-77-81(75-95-82(87)68-63-58-53-48-43-38-26-23-20-17-14-11-8-3)102-85(90)71-66-61-56-51-46-41-42-47-52-57-62-67-78(4)5/h78-81,86H,6-77H2,1-5H3,(H,91,92)(H,93,94)/t79-,80-,81-/m1/s1. The largest absolute Gasteiger partial charge is 0.472 e. The van der Waals surface area contributed by atoms with Crippen molar-refractivity contribution in [2.45, 2.75) is 477 Å². The lowest BCUT2D eigenvalue weighted by atomic mass is 10.0. The van der Waals surface area contributed by atoms with E-state index >= 15 is 0 Å². The molecule has 0 bridgehead atoms. The lowest BCUT2D eigenvalue weighted by molar-refractivity contribution is -0.161. The van der Waals surface area contributed by atoms with Gasteiger partial charge in [-0.3, -0.25) is 37.3 Å². The normalized spacial score (nSPS) is 13.8. The number of carbonyl (C=O) groups is 4. The highest BCUT2D eigenvalue weighted by Crippen LogP contribution is 2.45. The number of phosphoric ester groups is 2. The number of rotatable bonds is 85. The van der Waals surface area contributed by atoms with Gasteiger partial charge in [0.1, 0.15) is 19.3 Å².